The van der Waals surface area contributed by atoms with Crippen LogP contribution in [0.3, 0.4) is 0 Å². The van der Waals surface area contributed by atoms with Crippen molar-refractivity contribution in [3.63, 3.8) is 0 Å². The van der Waals surface area contributed by atoms with Gasteiger partial charge in [-0.25, -0.2) is 0 Å². The summed E-state index contributed by atoms with van der Waals surface area (Å²) in [7, 11) is 1.65. The van der Waals surface area contributed by atoms with Crippen LogP contribution < -0.4 is 15.2 Å². The predicted molar refractivity (Wildman–Crippen MR) is 85.9 cm³/mol. The van der Waals surface area contributed by atoms with Crippen LogP contribution in [0.1, 0.15) is 30.5 Å². The maximum atomic E-state index is 6.03. The van der Waals surface area contributed by atoms with Gasteiger partial charge in [0.25, 0.3) is 0 Å². The minimum Gasteiger partial charge on any atom is -0.496 e. The monoisotopic (exact) mass is 285 g/mol. The molecule has 0 aliphatic carbocycles. The van der Waals surface area contributed by atoms with Crippen molar-refractivity contribution >= 4 is 0 Å². The number of rotatable bonds is 7. The third-order valence-corrected chi connectivity index (χ3v) is 3.41. The van der Waals surface area contributed by atoms with E-state index in [1.54, 1.807) is 7.11 Å². The zero-order valence-electron chi connectivity index (χ0n) is 12.7. The van der Waals surface area contributed by atoms with Crippen molar-refractivity contribution in [3.05, 3.63) is 59.7 Å². The number of methoxy groups -OCH3 is 1. The highest BCUT2D eigenvalue weighted by molar-refractivity contribution is 5.46. The van der Waals surface area contributed by atoms with E-state index in [1.165, 1.54) is 5.56 Å². The summed E-state index contributed by atoms with van der Waals surface area (Å²) in [5, 5.41) is 0. The molecule has 2 aromatic rings. The molecule has 1 atom stereocenters. The largest absolute Gasteiger partial charge is 0.496 e. The fourth-order valence-corrected chi connectivity index (χ4v) is 2.38. The first kappa shape index (κ1) is 15.4. The molecule has 21 heavy (non-hydrogen) atoms. The molecule has 0 fully saturated rings. The van der Waals surface area contributed by atoms with Gasteiger partial charge in [0, 0.05) is 6.04 Å². The minimum atomic E-state index is -0.120. The van der Waals surface area contributed by atoms with Crippen LogP contribution >= 0.6 is 0 Å². The lowest BCUT2D eigenvalue weighted by atomic mass is 10.1. The summed E-state index contributed by atoms with van der Waals surface area (Å²) in [6, 6.07) is 16.1. The van der Waals surface area contributed by atoms with Crippen molar-refractivity contribution in [1.29, 1.82) is 0 Å². The number of nitrogens with two attached hydrogens (primary N) is 1. The fourth-order valence-electron chi connectivity index (χ4n) is 2.38. The lowest BCUT2D eigenvalue weighted by molar-refractivity contribution is 0.302. The van der Waals surface area contributed by atoms with Gasteiger partial charge in [-0.2, -0.15) is 0 Å². The van der Waals surface area contributed by atoms with Crippen LogP contribution in [-0.4, -0.2) is 13.7 Å². The summed E-state index contributed by atoms with van der Waals surface area (Å²) < 4.78 is 11.3. The first-order chi connectivity index (χ1) is 10.2. The Hall–Kier alpha value is -2.00. The molecule has 2 rings (SSSR count). The van der Waals surface area contributed by atoms with Gasteiger partial charge in [0.1, 0.15) is 11.5 Å². The van der Waals surface area contributed by atoms with E-state index in [1.807, 2.05) is 31.2 Å². The van der Waals surface area contributed by atoms with E-state index in [0.29, 0.717) is 6.61 Å². The van der Waals surface area contributed by atoms with E-state index in [2.05, 4.69) is 24.3 Å². The molecular formula is C18H23NO2. The second kappa shape index (κ2) is 7.70. The van der Waals surface area contributed by atoms with Crippen molar-refractivity contribution in [2.75, 3.05) is 13.7 Å². The van der Waals surface area contributed by atoms with Gasteiger partial charge >= 0.3 is 0 Å². The normalized spacial score (nSPS) is 12.0. The second-order valence-corrected chi connectivity index (χ2v) is 5.10. The molecule has 0 amide bonds. The molecule has 0 aliphatic heterocycles. The van der Waals surface area contributed by atoms with Crippen molar-refractivity contribution in [1.82, 2.24) is 0 Å². The van der Waals surface area contributed by atoms with Gasteiger partial charge in [-0.15, -0.1) is 0 Å². The van der Waals surface area contributed by atoms with Crippen LogP contribution in [-0.2, 0) is 6.42 Å². The van der Waals surface area contributed by atoms with E-state index >= 15 is 0 Å². The van der Waals surface area contributed by atoms with Crippen LogP contribution in [0, 0.1) is 0 Å². The summed E-state index contributed by atoms with van der Waals surface area (Å²) in [6.45, 7) is 2.61. The van der Waals surface area contributed by atoms with Crippen LogP contribution in [0.25, 0.3) is 0 Å². The second-order valence-electron chi connectivity index (χ2n) is 5.10. The van der Waals surface area contributed by atoms with Gasteiger partial charge in [0.05, 0.1) is 19.3 Å². The molecule has 0 spiro atoms. The standard InChI is InChI=1S/C18H23NO2/c1-14(19)18-16(20-2)11-6-12-17(18)21-13-7-10-15-8-4-3-5-9-15/h3-6,8-9,11-12,14H,7,10,13,19H2,1-2H3. The molecule has 0 bridgehead atoms. The van der Waals surface area contributed by atoms with Gasteiger partial charge in [-0.3, -0.25) is 0 Å². The lowest BCUT2D eigenvalue weighted by Crippen LogP contribution is -2.10. The molecular weight excluding hydrogens is 262 g/mol. The zero-order valence-corrected chi connectivity index (χ0v) is 12.7. The number of benzene rings is 2. The molecule has 2 N–H and O–H groups in total. The van der Waals surface area contributed by atoms with Crippen LogP contribution in [0.4, 0.5) is 0 Å². The molecule has 0 radical (unpaired) electrons. The fraction of sp³-hybridized carbons (Fsp3) is 0.333. The molecule has 1 unspecified atom stereocenters. The Kier molecular flexibility index (Phi) is 5.64. The highest BCUT2D eigenvalue weighted by Gasteiger charge is 2.13. The topological polar surface area (TPSA) is 44.5 Å². The number of hydrogen-bond donors (Lipinski definition) is 1. The maximum absolute atomic E-state index is 6.03. The van der Waals surface area contributed by atoms with Crippen molar-refractivity contribution < 1.29 is 9.47 Å². The van der Waals surface area contributed by atoms with Crippen LogP contribution in [0.15, 0.2) is 48.5 Å². The van der Waals surface area contributed by atoms with Gasteiger partial charge in [0.2, 0.25) is 0 Å². The average Bonchev–Trinajstić information content (AvgIpc) is 2.52. The van der Waals surface area contributed by atoms with Gasteiger partial charge in [0.15, 0.2) is 0 Å². The molecule has 3 nitrogen and oxygen atoms in total. The lowest BCUT2D eigenvalue weighted by Gasteiger charge is -2.17. The Bertz CT molecular complexity index is 552. The van der Waals surface area contributed by atoms with Crippen LogP contribution in [0.2, 0.25) is 0 Å². The molecule has 0 aromatic heterocycles. The summed E-state index contributed by atoms with van der Waals surface area (Å²) in [4.78, 5) is 0. The first-order valence-electron chi connectivity index (χ1n) is 7.31. The van der Waals surface area contributed by atoms with Gasteiger partial charge in [-0.05, 0) is 37.5 Å². The van der Waals surface area contributed by atoms with Crippen molar-refractivity contribution in [2.45, 2.75) is 25.8 Å². The average molecular weight is 285 g/mol. The van der Waals surface area contributed by atoms with E-state index in [9.17, 15) is 0 Å². The summed E-state index contributed by atoms with van der Waals surface area (Å²) in [5.74, 6) is 1.60. The molecule has 3 heteroatoms. The Labute approximate surface area is 126 Å². The van der Waals surface area contributed by atoms with Crippen molar-refractivity contribution in [2.24, 2.45) is 5.73 Å². The molecule has 0 heterocycles. The third kappa shape index (κ3) is 4.23. The quantitative estimate of drug-likeness (QED) is 0.788. The van der Waals surface area contributed by atoms with Gasteiger partial charge in [-0.1, -0.05) is 36.4 Å². The SMILES string of the molecule is COc1cccc(OCCCc2ccccc2)c1C(C)N. The predicted octanol–water partition coefficient (Wildman–Crippen LogP) is 3.73. The molecule has 0 saturated carbocycles. The Balaban J connectivity index is 1.94. The summed E-state index contributed by atoms with van der Waals surface area (Å²) in [5.41, 5.74) is 8.29. The first-order valence-corrected chi connectivity index (χ1v) is 7.31. The highest BCUT2D eigenvalue weighted by atomic mass is 16.5. The van der Waals surface area contributed by atoms with E-state index in [0.717, 1.165) is 29.9 Å². The molecule has 2 aromatic carbocycles. The van der Waals surface area contributed by atoms with Crippen molar-refractivity contribution in [3.8, 4) is 11.5 Å². The minimum absolute atomic E-state index is 0.120. The van der Waals surface area contributed by atoms with E-state index in [4.69, 9.17) is 15.2 Å². The summed E-state index contributed by atoms with van der Waals surface area (Å²) >= 11 is 0. The molecule has 112 valence electrons. The summed E-state index contributed by atoms with van der Waals surface area (Å²) in [6.07, 6.45) is 1.98. The smallest absolute Gasteiger partial charge is 0.127 e. The maximum Gasteiger partial charge on any atom is 0.127 e. The van der Waals surface area contributed by atoms with E-state index in [-0.39, 0.29) is 6.04 Å². The Morgan fingerprint density at radius 1 is 1.00 bits per heavy atom. The highest BCUT2D eigenvalue weighted by Crippen LogP contribution is 2.32. The third-order valence-electron chi connectivity index (χ3n) is 3.41. The van der Waals surface area contributed by atoms with Gasteiger partial charge < -0.3 is 15.2 Å². The number of ether oxygens (including phenoxy) is 2. The Morgan fingerprint density at radius 2 is 1.71 bits per heavy atom. The zero-order chi connectivity index (χ0) is 15.1. The van der Waals surface area contributed by atoms with E-state index < -0.39 is 0 Å². The molecule has 0 saturated heterocycles. The number of hydrogen-bond acceptors (Lipinski definition) is 3. The molecule has 0 aliphatic rings. The van der Waals surface area contributed by atoms with Crippen LogP contribution in [0.5, 0.6) is 11.5 Å². The Morgan fingerprint density at radius 3 is 2.38 bits per heavy atom. The number of aryl methyl sites for hydroxylation is 1.